The lowest BCUT2D eigenvalue weighted by molar-refractivity contribution is -0.149. The van der Waals surface area contributed by atoms with Gasteiger partial charge < -0.3 is 10.4 Å². The Hall–Kier alpha value is -0.370. The zero-order chi connectivity index (χ0) is 13.2. The van der Waals surface area contributed by atoms with E-state index < -0.39 is 12.7 Å². The third-order valence-electron chi connectivity index (χ3n) is 3.55. The summed E-state index contributed by atoms with van der Waals surface area (Å²) in [5, 5.41) is 12.6. The number of hydrogen-bond donors (Lipinski definition) is 2. The Balaban J connectivity index is 1.67. The molecule has 0 amide bonds. The molecule has 2 rings (SSSR count). The highest BCUT2D eigenvalue weighted by atomic mass is 19.4. The largest absolute Gasteiger partial charge is 0.401 e. The van der Waals surface area contributed by atoms with Crippen LogP contribution >= 0.6 is 0 Å². The molecular formula is C11H20F3N3O. The normalized spacial score (nSPS) is 32.0. The molecule has 0 aromatic rings. The van der Waals surface area contributed by atoms with Gasteiger partial charge >= 0.3 is 6.18 Å². The van der Waals surface area contributed by atoms with E-state index in [2.05, 4.69) is 10.2 Å². The second-order valence-electron chi connectivity index (χ2n) is 5.19. The van der Waals surface area contributed by atoms with Crippen LogP contribution in [0.1, 0.15) is 6.42 Å². The Bertz CT molecular complexity index is 267. The van der Waals surface area contributed by atoms with Crippen LogP contribution < -0.4 is 5.32 Å². The third kappa shape index (κ3) is 4.38. The van der Waals surface area contributed by atoms with Crippen molar-refractivity contribution in [1.29, 1.82) is 0 Å². The van der Waals surface area contributed by atoms with Crippen LogP contribution in [-0.2, 0) is 0 Å². The average molecular weight is 267 g/mol. The van der Waals surface area contributed by atoms with Gasteiger partial charge in [0.05, 0.1) is 12.6 Å². The molecule has 2 saturated heterocycles. The maximum atomic E-state index is 12.2. The van der Waals surface area contributed by atoms with Crippen molar-refractivity contribution >= 4 is 0 Å². The van der Waals surface area contributed by atoms with Gasteiger partial charge in [0.1, 0.15) is 0 Å². The van der Waals surface area contributed by atoms with Crippen LogP contribution in [0.3, 0.4) is 0 Å². The molecule has 18 heavy (non-hydrogen) atoms. The summed E-state index contributed by atoms with van der Waals surface area (Å²) in [6.45, 7) is 2.91. The molecule has 2 aliphatic rings. The summed E-state index contributed by atoms with van der Waals surface area (Å²) in [6.07, 6.45) is -3.64. The van der Waals surface area contributed by atoms with Gasteiger partial charge in [-0.15, -0.1) is 0 Å². The van der Waals surface area contributed by atoms with Gasteiger partial charge in [-0.1, -0.05) is 0 Å². The van der Waals surface area contributed by atoms with Crippen molar-refractivity contribution in [3.05, 3.63) is 0 Å². The summed E-state index contributed by atoms with van der Waals surface area (Å²) >= 11 is 0. The van der Waals surface area contributed by atoms with E-state index in [1.54, 1.807) is 0 Å². The molecular weight excluding hydrogens is 247 g/mol. The van der Waals surface area contributed by atoms with Crippen molar-refractivity contribution in [2.75, 3.05) is 45.8 Å². The summed E-state index contributed by atoms with van der Waals surface area (Å²) < 4.78 is 36.6. The van der Waals surface area contributed by atoms with Gasteiger partial charge in [-0.25, -0.2) is 0 Å². The smallest absolute Gasteiger partial charge is 0.392 e. The van der Waals surface area contributed by atoms with E-state index in [9.17, 15) is 18.3 Å². The fraction of sp³-hybridized carbons (Fsp3) is 1.00. The lowest BCUT2D eigenvalue weighted by atomic mass is 10.2. The number of aliphatic hydroxyl groups excluding tert-OH is 1. The lowest BCUT2D eigenvalue weighted by Gasteiger charge is -2.36. The highest BCUT2D eigenvalue weighted by Gasteiger charge is 2.32. The first-order valence-electron chi connectivity index (χ1n) is 6.35. The fourth-order valence-corrected chi connectivity index (χ4v) is 2.63. The molecule has 0 aromatic carbocycles. The SMILES string of the molecule is OC1CNC(CN2CCN(CC(F)(F)F)CC2)C1. The van der Waals surface area contributed by atoms with Gasteiger partial charge in [0.25, 0.3) is 0 Å². The van der Waals surface area contributed by atoms with Crippen molar-refractivity contribution in [3.63, 3.8) is 0 Å². The van der Waals surface area contributed by atoms with Gasteiger partial charge in [0.15, 0.2) is 0 Å². The van der Waals surface area contributed by atoms with Gasteiger partial charge in [-0.3, -0.25) is 9.80 Å². The zero-order valence-corrected chi connectivity index (χ0v) is 10.3. The first-order chi connectivity index (χ1) is 8.42. The van der Waals surface area contributed by atoms with E-state index in [0.717, 1.165) is 13.0 Å². The minimum absolute atomic E-state index is 0.272. The van der Waals surface area contributed by atoms with E-state index in [4.69, 9.17) is 0 Å². The van der Waals surface area contributed by atoms with Crippen LogP contribution in [0.15, 0.2) is 0 Å². The molecule has 0 aliphatic carbocycles. The Morgan fingerprint density at radius 1 is 1.11 bits per heavy atom. The summed E-state index contributed by atoms with van der Waals surface area (Å²) in [7, 11) is 0. The van der Waals surface area contributed by atoms with E-state index >= 15 is 0 Å². The van der Waals surface area contributed by atoms with Crippen LogP contribution in [0, 0.1) is 0 Å². The van der Waals surface area contributed by atoms with Crippen molar-refractivity contribution in [3.8, 4) is 0 Å². The molecule has 2 heterocycles. The van der Waals surface area contributed by atoms with Gasteiger partial charge in [0.2, 0.25) is 0 Å². The molecule has 7 heteroatoms. The van der Waals surface area contributed by atoms with Crippen molar-refractivity contribution < 1.29 is 18.3 Å². The number of piperazine rings is 1. The predicted octanol–water partition coefficient (Wildman–Crippen LogP) is -0.111. The molecule has 2 N–H and O–H groups in total. The van der Waals surface area contributed by atoms with E-state index in [0.29, 0.717) is 32.7 Å². The van der Waals surface area contributed by atoms with Gasteiger partial charge in [-0.05, 0) is 6.42 Å². The van der Waals surface area contributed by atoms with Crippen molar-refractivity contribution in [2.24, 2.45) is 0 Å². The minimum Gasteiger partial charge on any atom is -0.392 e. The molecule has 2 unspecified atom stereocenters. The van der Waals surface area contributed by atoms with Gasteiger partial charge in [-0.2, -0.15) is 13.2 Å². The molecule has 2 aliphatic heterocycles. The highest BCUT2D eigenvalue weighted by molar-refractivity contribution is 4.85. The molecule has 2 fully saturated rings. The second kappa shape index (κ2) is 5.73. The fourth-order valence-electron chi connectivity index (χ4n) is 2.63. The van der Waals surface area contributed by atoms with Crippen LogP contribution in [0.25, 0.3) is 0 Å². The number of nitrogens with one attached hydrogen (secondary N) is 1. The predicted molar refractivity (Wildman–Crippen MR) is 61.3 cm³/mol. The van der Waals surface area contributed by atoms with Crippen LogP contribution in [0.5, 0.6) is 0 Å². The van der Waals surface area contributed by atoms with E-state index in [-0.39, 0.29) is 12.1 Å². The van der Waals surface area contributed by atoms with Crippen molar-refractivity contribution in [2.45, 2.75) is 24.7 Å². The number of nitrogens with zero attached hydrogens (tertiary/aromatic N) is 2. The molecule has 0 spiro atoms. The van der Waals surface area contributed by atoms with Crippen molar-refractivity contribution in [1.82, 2.24) is 15.1 Å². The average Bonchev–Trinajstić information content (AvgIpc) is 2.65. The van der Waals surface area contributed by atoms with Crippen LogP contribution in [-0.4, -0.2) is 79.0 Å². The quantitative estimate of drug-likeness (QED) is 0.748. The molecule has 0 bridgehead atoms. The summed E-state index contributed by atoms with van der Waals surface area (Å²) in [4.78, 5) is 3.62. The monoisotopic (exact) mass is 267 g/mol. The molecule has 0 aromatic heterocycles. The summed E-state index contributed by atoms with van der Waals surface area (Å²) in [5.41, 5.74) is 0. The van der Waals surface area contributed by atoms with Gasteiger partial charge in [0, 0.05) is 45.3 Å². The third-order valence-corrected chi connectivity index (χ3v) is 3.55. The molecule has 0 radical (unpaired) electrons. The Morgan fingerprint density at radius 2 is 1.72 bits per heavy atom. The van der Waals surface area contributed by atoms with E-state index in [1.165, 1.54) is 4.90 Å². The Labute approximate surface area is 105 Å². The topological polar surface area (TPSA) is 38.7 Å². The number of hydrogen-bond acceptors (Lipinski definition) is 4. The molecule has 4 nitrogen and oxygen atoms in total. The first kappa shape index (κ1) is 14.0. The maximum Gasteiger partial charge on any atom is 0.401 e. The standard InChI is InChI=1S/C11H20F3N3O/c12-11(13,14)8-17-3-1-16(2-4-17)7-9-5-10(18)6-15-9/h9-10,15,18H,1-8H2. The number of halogens is 3. The Morgan fingerprint density at radius 3 is 2.22 bits per heavy atom. The number of rotatable bonds is 3. The molecule has 106 valence electrons. The lowest BCUT2D eigenvalue weighted by Crippen LogP contribution is -2.51. The summed E-state index contributed by atoms with van der Waals surface area (Å²) in [5.74, 6) is 0. The number of alkyl halides is 3. The molecule has 0 saturated carbocycles. The second-order valence-corrected chi connectivity index (χ2v) is 5.19. The van der Waals surface area contributed by atoms with Crippen LogP contribution in [0.2, 0.25) is 0 Å². The highest BCUT2D eigenvalue weighted by Crippen LogP contribution is 2.18. The van der Waals surface area contributed by atoms with Crippen LogP contribution in [0.4, 0.5) is 13.2 Å². The number of aliphatic hydroxyl groups is 1. The number of β-amino-alcohol motifs (C(OH)–C–C–N with tert-alkyl or cyclic N) is 1. The summed E-state index contributed by atoms with van der Waals surface area (Å²) in [6, 6.07) is 0.272. The minimum atomic E-state index is -4.10. The Kier molecular flexibility index (Phi) is 4.47. The molecule has 2 atom stereocenters. The maximum absolute atomic E-state index is 12.2. The van der Waals surface area contributed by atoms with E-state index in [1.807, 2.05) is 0 Å². The first-order valence-corrected chi connectivity index (χ1v) is 6.35. The zero-order valence-electron chi connectivity index (χ0n) is 10.3.